The molecule has 2 rings (SSSR count). The highest BCUT2D eigenvalue weighted by Crippen LogP contribution is 2.50. The lowest BCUT2D eigenvalue weighted by molar-refractivity contribution is -0.938. The lowest BCUT2D eigenvalue weighted by Crippen LogP contribution is -3.11. The van der Waals surface area contributed by atoms with Crippen molar-refractivity contribution in [2.24, 2.45) is 17.3 Å². The summed E-state index contributed by atoms with van der Waals surface area (Å²) in [6.45, 7) is 3.11. The molecule has 0 amide bonds. The van der Waals surface area contributed by atoms with Crippen LogP contribution in [0.4, 0.5) is 0 Å². The number of hydrogen-bond donors (Lipinski definition) is 2. The van der Waals surface area contributed by atoms with Gasteiger partial charge in [0.05, 0.1) is 13.6 Å². The highest BCUT2D eigenvalue weighted by Gasteiger charge is 2.43. The molecule has 0 aromatic rings. The molecule has 2 N–H and O–H groups in total. The van der Waals surface area contributed by atoms with Gasteiger partial charge < -0.3 is 5.21 Å². The van der Waals surface area contributed by atoms with Gasteiger partial charge in [-0.2, -0.15) is 0 Å². The van der Waals surface area contributed by atoms with Crippen molar-refractivity contribution in [1.29, 1.82) is 5.41 Å². The predicted molar refractivity (Wildman–Crippen MR) is 68.5 cm³/mol. The molecule has 0 aromatic heterocycles. The number of rotatable bonds is 4. The number of hydroxylamine groups is 1. The van der Waals surface area contributed by atoms with Crippen molar-refractivity contribution in [3.63, 3.8) is 0 Å². The topological polar surface area (TPSA) is 54.6 Å². The highest BCUT2D eigenvalue weighted by molar-refractivity contribution is 5.48. The third-order valence-electron chi connectivity index (χ3n) is 4.62. The van der Waals surface area contributed by atoms with Crippen LogP contribution in [0.5, 0.6) is 0 Å². The zero-order valence-electron chi connectivity index (χ0n) is 11.0. The molecule has 17 heavy (non-hydrogen) atoms. The Kier molecular flexibility index (Phi) is 3.73. The Morgan fingerprint density at radius 1 is 1.53 bits per heavy atom. The fourth-order valence-electron chi connectivity index (χ4n) is 4.18. The summed E-state index contributed by atoms with van der Waals surface area (Å²) < 4.78 is 0. The molecule has 0 spiro atoms. The van der Waals surface area contributed by atoms with Crippen molar-refractivity contribution in [2.45, 2.75) is 45.4 Å². The fraction of sp³-hybridized carbons (Fsp3) is 0.923. The number of hydrogen-bond acceptors (Lipinski definition) is 2. The van der Waals surface area contributed by atoms with Crippen LogP contribution in [0.2, 0.25) is 0 Å². The maximum Gasteiger partial charge on any atom is 0.132 e. The Balaban J connectivity index is 2.07. The molecule has 4 atom stereocenters. The van der Waals surface area contributed by atoms with Crippen molar-refractivity contribution in [2.75, 3.05) is 13.6 Å². The Bertz CT molecular complexity index is 278. The Labute approximate surface area is 104 Å². The highest BCUT2D eigenvalue weighted by atomic mass is 16.5. The minimum atomic E-state index is 0.00900. The summed E-state index contributed by atoms with van der Waals surface area (Å²) in [5, 5.41) is 20.4. The van der Waals surface area contributed by atoms with Gasteiger partial charge >= 0.3 is 0 Å². The van der Waals surface area contributed by atoms with E-state index < -0.39 is 0 Å². The normalized spacial score (nSPS) is 38.5. The monoisotopic (exact) mass is 239 g/mol. The lowest BCUT2D eigenvalue weighted by Gasteiger charge is -2.49. The number of fused-ring (bicyclic) bond motifs is 2. The molecule has 4 unspecified atom stereocenters. The third-order valence-corrected chi connectivity index (χ3v) is 4.62. The van der Waals surface area contributed by atoms with Crippen LogP contribution in [-0.2, 0) is 0 Å². The second-order valence-electron chi connectivity index (χ2n) is 6.28. The van der Waals surface area contributed by atoms with E-state index in [4.69, 9.17) is 5.41 Å². The average molecular weight is 239 g/mol. The van der Waals surface area contributed by atoms with Crippen LogP contribution in [0.15, 0.2) is 0 Å². The van der Waals surface area contributed by atoms with Crippen LogP contribution in [0.3, 0.4) is 0 Å². The first-order valence-corrected chi connectivity index (χ1v) is 6.82. The summed E-state index contributed by atoms with van der Waals surface area (Å²) in [7, 11) is 1.56. The Morgan fingerprint density at radius 3 is 2.94 bits per heavy atom. The molecular weight excluding hydrogens is 214 g/mol. The standard InChI is InChI=1S/C13H25N3O/c1-11-6-12-4-3-5-13(7-11,8-12)9-16(10-14)15(2)17/h10-12,14-15H,3-9H2,1-2H3. The number of nitrogens with one attached hydrogen (secondary N) is 2. The molecule has 0 heterocycles. The second-order valence-corrected chi connectivity index (χ2v) is 6.28. The van der Waals surface area contributed by atoms with Crippen molar-refractivity contribution in [3.05, 3.63) is 5.21 Å². The van der Waals surface area contributed by atoms with Gasteiger partial charge in [0, 0.05) is 0 Å². The van der Waals surface area contributed by atoms with Crippen molar-refractivity contribution in [3.8, 4) is 0 Å². The smallest absolute Gasteiger partial charge is 0.132 e. The van der Waals surface area contributed by atoms with Gasteiger partial charge in [-0.1, -0.05) is 19.8 Å². The van der Waals surface area contributed by atoms with Crippen LogP contribution < -0.4 is 5.17 Å². The van der Waals surface area contributed by atoms with E-state index in [0.29, 0.717) is 5.41 Å². The summed E-state index contributed by atoms with van der Waals surface area (Å²) in [4.78, 5) is 0. The van der Waals surface area contributed by atoms with Crippen molar-refractivity contribution in [1.82, 2.24) is 5.01 Å². The molecule has 2 aliphatic carbocycles. The van der Waals surface area contributed by atoms with E-state index in [0.717, 1.165) is 18.4 Å². The van der Waals surface area contributed by atoms with E-state index in [9.17, 15) is 5.21 Å². The molecule has 0 radical (unpaired) electrons. The van der Waals surface area contributed by atoms with Gasteiger partial charge in [0.15, 0.2) is 0 Å². The van der Waals surface area contributed by atoms with E-state index in [1.165, 1.54) is 44.9 Å². The lowest BCUT2D eigenvalue weighted by atomic mass is 9.59. The van der Waals surface area contributed by atoms with E-state index >= 15 is 0 Å². The predicted octanol–water partition coefficient (Wildman–Crippen LogP) is 1.43. The third kappa shape index (κ3) is 2.80. The van der Waals surface area contributed by atoms with Crippen LogP contribution in [0.25, 0.3) is 0 Å². The zero-order valence-corrected chi connectivity index (χ0v) is 11.0. The molecule has 2 fully saturated rings. The maximum atomic E-state index is 11.5. The molecule has 4 nitrogen and oxygen atoms in total. The second kappa shape index (κ2) is 4.94. The summed E-state index contributed by atoms with van der Waals surface area (Å²) >= 11 is 0. The van der Waals surface area contributed by atoms with Crippen LogP contribution in [-0.4, -0.2) is 24.9 Å². The first-order chi connectivity index (χ1) is 8.04. The molecule has 98 valence electrons. The van der Waals surface area contributed by atoms with Gasteiger partial charge in [0.2, 0.25) is 0 Å². The van der Waals surface area contributed by atoms with E-state index in [1.54, 1.807) is 12.1 Å². The molecule has 4 heteroatoms. The maximum absolute atomic E-state index is 11.5. The van der Waals surface area contributed by atoms with Crippen molar-refractivity contribution >= 4 is 6.34 Å². The Morgan fingerprint density at radius 2 is 2.29 bits per heavy atom. The average Bonchev–Trinajstić information content (AvgIpc) is 2.24. The summed E-state index contributed by atoms with van der Waals surface area (Å²) in [5.41, 5.74) is 0.309. The SMILES string of the molecule is CC1CC2CCCC(CN(C=N)[NH+](C)[O-])(C1)C2. The van der Waals surface area contributed by atoms with Gasteiger partial charge in [-0.3, -0.25) is 10.6 Å². The number of quaternary nitrogens is 1. The van der Waals surface area contributed by atoms with Crippen molar-refractivity contribution < 1.29 is 5.17 Å². The molecule has 2 aliphatic rings. The molecule has 2 bridgehead atoms. The van der Waals surface area contributed by atoms with Gasteiger partial charge in [-0.05, 0) is 42.9 Å². The molecule has 0 saturated heterocycles. The summed E-state index contributed by atoms with van der Waals surface area (Å²) in [5.74, 6) is 1.65. The zero-order chi connectivity index (χ0) is 12.5. The van der Waals surface area contributed by atoms with E-state index in [-0.39, 0.29) is 5.17 Å². The Hall–Kier alpha value is -0.610. The summed E-state index contributed by atoms with van der Waals surface area (Å²) in [6, 6.07) is 0. The van der Waals surface area contributed by atoms with E-state index in [1.807, 2.05) is 0 Å². The molecule has 0 aromatic carbocycles. The molecule has 2 saturated carbocycles. The van der Waals surface area contributed by atoms with E-state index in [2.05, 4.69) is 6.92 Å². The minimum absolute atomic E-state index is 0.00900. The van der Waals surface area contributed by atoms with Crippen LogP contribution in [0.1, 0.15) is 45.4 Å². The van der Waals surface area contributed by atoms with Gasteiger partial charge in [-0.15, -0.1) is 0 Å². The first kappa shape index (κ1) is 12.8. The largest absolute Gasteiger partial charge is 0.608 e. The minimum Gasteiger partial charge on any atom is -0.608 e. The van der Waals surface area contributed by atoms with Crippen LogP contribution in [0, 0.1) is 27.9 Å². The quantitative estimate of drug-likeness (QED) is 0.443. The number of nitrogens with zero attached hydrogens (tertiary/aromatic N) is 1. The van der Waals surface area contributed by atoms with Crippen LogP contribution >= 0.6 is 0 Å². The van der Waals surface area contributed by atoms with Gasteiger partial charge in [-0.25, -0.2) is 5.01 Å². The first-order valence-electron chi connectivity index (χ1n) is 6.82. The molecular formula is C13H25N3O. The molecule has 0 aliphatic heterocycles. The summed E-state index contributed by atoms with van der Waals surface area (Å²) in [6.07, 6.45) is 9.01. The van der Waals surface area contributed by atoms with Gasteiger partial charge in [0.1, 0.15) is 6.34 Å². The van der Waals surface area contributed by atoms with Gasteiger partial charge in [0.25, 0.3) is 0 Å². The fourth-order valence-corrected chi connectivity index (χ4v) is 4.18.